The molecule has 0 aromatic heterocycles. The molecular weight excluding hydrogens is 382 g/mol. The first kappa shape index (κ1) is 18.5. The number of guanidine groups is 1. The maximum absolute atomic E-state index is 13.1. The van der Waals surface area contributed by atoms with Crippen molar-refractivity contribution in [3.05, 3.63) is 40.7 Å². The van der Waals surface area contributed by atoms with Gasteiger partial charge in [-0.25, -0.2) is 9.79 Å². The summed E-state index contributed by atoms with van der Waals surface area (Å²) in [6.07, 6.45) is 1.20. The molecule has 0 saturated carbocycles. The Morgan fingerprint density at radius 3 is 2.64 bits per heavy atom. The number of Topliss-reactive ketones (excluding diaryl/α,β-unsaturated/α-hetero) is 1. The highest BCUT2D eigenvalue weighted by Crippen LogP contribution is 2.38. The zero-order chi connectivity index (χ0) is 20.3. The van der Waals surface area contributed by atoms with Gasteiger partial charge in [-0.3, -0.25) is 19.4 Å². The Bertz CT molecular complexity index is 972. The maximum atomic E-state index is 13.1. The number of fused-ring (bicyclic) bond motifs is 3. The van der Waals surface area contributed by atoms with Crippen molar-refractivity contribution in [1.82, 2.24) is 14.7 Å². The van der Waals surface area contributed by atoms with Crippen molar-refractivity contribution >= 4 is 41.0 Å². The molecule has 8 nitrogen and oxygen atoms in total. The molecule has 0 N–H and O–H groups in total. The molecule has 1 aromatic rings. The summed E-state index contributed by atoms with van der Waals surface area (Å²) in [7, 11) is 1.59. The summed E-state index contributed by atoms with van der Waals surface area (Å²) in [5.74, 6) is -0.108. The third kappa shape index (κ3) is 2.51. The van der Waals surface area contributed by atoms with Crippen LogP contribution in [0.25, 0.3) is 0 Å². The van der Waals surface area contributed by atoms with E-state index in [2.05, 4.69) is 0 Å². The molecule has 0 radical (unpaired) electrons. The van der Waals surface area contributed by atoms with Gasteiger partial charge in [0.2, 0.25) is 5.96 Å². The second-order valence-electron chi connectivity index (χ2n) is 7.20. The number of anilines is 1. The zero-order valence-electron chi connectivity index (χ0n) is 16.0. The third-order valence-electron chi connectivity index (χ3n) is 5.25. The lowest BCUT2D eigenvalue weighted by molar-refractivity contribution is -0.139. The summed E-state index contributed by atoms with van der Waals surface area (Å²) < 4.78 is 0. The van der Waals surface area contributed by atoms with Gasteiger partial charge in [-0.15, -0.1) is 0 Å². The number of imide groups is 1. The van der Waals surface area contributed by atoms with E-state index in [9.17, 15) is 14.4 Å². The van der Waals surface area contributed by atoms with E-state index in [-0.39, 0.29) is 12.3 Å². The van der Waals surface area contributed by atoms with Gasteiger partial charge in [0.15, 0.2) is 12.2 Å². The topological polar surface area (TPSA) is 76.5 Å². The van der Waals surface area contributed by atoms with Crippen LogP contribution in [0, 0.1) is 6.92 Å². The van der Waals surface area contributed by atoms with Gasteiger partial charge in [0.05, 0.1) is 12.2 Å². The van der Waals surface area contributed by atoms with E-state index in [0.29, 0.717) is 11.0 Å². The fourth-order valence-electron chi connectivity index (χ4n) is 3.86. The second kappa shape index (κ2) is 6.34. The average molecular weight is 402 g/mol. The van der Waals surface area contributed by atoms with E-state index in [1.807, 2.05) is 43.1 Å². The minimum absolute atomic E-state index is 0.242. The summed E-state index contributed by atoms with van der Waals surface area (Å²) in [6, 6.07) is 4.40. The van der Waals surface area contributed by atoms with Crippen molar-refractivity contribution in [2.45, 2.75) is 33.0 Å². The minimum Gasteiger partial charge on any atom is -0.302 e. The van der Waals surface area contributed by atoms with Crippen LogP contribution in [0.5, 0.6) is 0 Å². The van der Waals surface area contributed by atoms with E-state index < -0.39 is 24.1 Å². The molecule has 0 aliphatic carbocycles. The Kier molecular flexibility index (Phi) is 4.19. The van der Waals surface area contributed by atoms with Crippen LogP contribution in [0.2, 0.25) is 5.02 Å². The van der Waals surface area contributed by atoms with Crippen LogP contribution >= 0.6 is 11.6 Å². The Morgan fingerprint density at radius 1 is 1.25 bits per heavy atom. The quantitative estimate of drug-likeness (QED) is 0.775. The number of nitrogens with zero attached hydrogens (tertiary/aromatic N) is 5. The lowest BCUT2D eigenvalue weighted by atomic mass is 10.1. The van der Waals surface area contributed by atoms with E-state index in [1.54, 1.807) is 11.9 Å². The average Bonchev–Trinajstić information content (AvgIpc) is 3.14. The van der Waals surface area contributed by atoms with Gasteiger partial charge in [0.25, 0.3) is 5.91 Å². The van der Waals surface area contributed by atoms with Crippen molar-refractivity contribution in [3.8, 4) is 0 Å². The van der Waals surface area contributed by atoms with Crippen LogP contribution in [0.15, 0.2) is 35.1 Å². The summed E-state index contributed by atoms with van der Waals surface area (Å²) in [6.45, 7) is 4.96. The van der Waals surface area contributed by atoms with Gasteiger partial charge in [0.1, 0.15) is 5.78 Å². The highest BCUT2D eigenvalue weighted by atomic mass is 35.5. The molecule has 9 heteroatoms. The van der Waals surface area contributed by atoms with Gasteiger partial charge >= 0.3 is 6.03 Å². The van der Waals surface area contributed by atoms with Gasteiger partial charge in [0, 0.05) is 24.0 Å². The number of allylic oxidation sites excluding steroid dienone is 1. The van der Waals surface area contributed by atoms with Crippen molar-refractivity contribution in [1.29, 1.82) is 0 Å². The Balaban J connectivity index is 1.75. The standard InChI is InChI=1S/C19H20ClN5O3/c1-10-8-23-15-16(22(4)19(28)24(17(15)27)9-11(2)26)21-18(23)25(10)14-7-5-6-13(20)12(14)3/h5-8,15-16H,9H2,1-4H3. The first-order valence-corrected chi connectivity index (χ1v) is 9.27. The van der Waals surface area contributed by atoms with Crippen LogP contribution < -0.4 is 4.90 Å². The number of ketones is 1. The highest BCUT2D eigenvalue weighted by molar-refractivity contribution is 6.32. The number of carbonyl (C=O) groups is 3. The molecular formula is C19H20ClN5O3. The van der Waals surface area contributed by atoms with Crippen molar-refractivity contribution in [3.63, 3.8) is 0 Å². The molecule has 1 saturated heterocycles. The molecule has 4 rings (SSSR count). The minimum atomic E-state index is -0.698. The summed E-state index contributed by atoms with van der Waals surface area (Å²) in [5, 5.41) is 0.635. The Labute approximate surface area is 167 Å². The number of carbonyl (C=O) groups excluding carboxylic acids is 3. The number of halogens is 1. The van der Waals surface area contributed by atoms with Crippen LogP contribution in [-0.2, 0) is 9.59 Å². The van der Waals surface area contributed by atoms with Gasteiger partial charge in [-0.05, 0) is 38.5 Å². The van der Waals surface area contributed by atoms with E-state index >= 15 is 0 Å². The first-order chi connectivity index (χ1) is 13.2. The van der Waals surface area contributed by atoms with Crippen molar-refractivity contribution in [2.24, 2.45) is 4.99 Å². The van der Waals surface area contributed by atoms with Crippen LogP contribution in [-0.4, -0.2) is 64.2 Å². The SMILES string of the molecule is CC(=O)CN1C(=O)C2C(N=C3N(c4cccc(Cl)c4C)C(C)=CN32)N(C)C1=O. The number of hydrogen-bond acceptors (Lipinski definition) is 6. The highest BCUT2D eigenvalue weighted by Gasteiger charge is 2.54. The molecule has 2 unspecified atom stereocenters. The fourth-order valence-corrected chi connectivity index (χ4v) is 4.03. The van der Waals surface area contributed by atoms with E-state index in [4.69, 9.17) is 16.6 Å². The van der Waals surface area contributed by atoms with Crippen LogP contribution in [0.3, 0.4) is 0 Å². The second-order valence-corrected chi connectivity index (χ2v) is 7.61. The number of amides is 3. The molecule has 1 aromatic carbocycles. The first-order valence-electron chi connectivity index (χ1n) is 8.89. The smallest absolute Gasteiger partial charge is 0.302 e. The van der Waals surface area contributed by atoms with Crippen molar-refractivity contribution < 1.29 is 14.4 Å². The number of benzene rings is 1. The fraction of sp³-hybridized carbons (Fsp3) is 0.368. The summed E-state index contributed by atoms with van der Waals surface area (Å²) in [4.78, 5) is 48.0. The molecule has 3 aliphatic rings. The Morgan fingerprint density at radius 2 is 1.96 bits per heavy atom. The van der Waals surface area contributed by atoms with Gasteiger partial charge in [-0.2, -0.15) is 0 Å². The maximum Gasteiger partial charge on any atom is 0.328 e. The predicted octanol–water partition coefficient (Wildman–Crippen LogP) is 2.18. The molecule has 3 aliphatic heterocycles. The van der Waals surface area contributed by atoms with E-state index in [0.717, 1.165) is 21.8 Å². The molecule has 3 amide bonds. The molecule has 3 heterocycles. The lowest BCUT2D eigenvalue weighted by Gasteiger charge is -2.39. The van der Waals surface area contributed by atoms with Crippen molar-refractivity contribution in [2.75, 3.05) is 18.5 Å². The normalized spacial score (nSPS) is 23.8. The zero-order valence-corrected chi connectivity index (χ0v) is 16.8. The monoisotopic (exact) mass is 401 g/mol. The number of aliphatic imine (C=N–C) groups is 1. The number of urea groups is 1. The third-order valence-corrected chi connectivity index (χ3v) is 5.66. The predicted molar refractivity (Wildman–Crippen MR) is 105 cm³/mol. The molecule has 0 bridgehead atoms. The molecule has 28 heavy (non-hydrogen) atoms. The number of hydrogen-bond donors (Lipinski definition) is 0. The van der Waals surface area contributed by atoms with E-state index in [1.165, 1.54) is 11.8 Å². The van der Waals surface area contributed by atoms with Gasteiger partial charge in [-0.1, -0.05) is 17.7 Å². The molecule has 2 atom stereocenters. The van der Waals surface area contributed by atoms with Crippen LogP contribution in [0.1, 0.15) is 19.4 Å². The summed E-state index contributed by atoms with van der Waals surface area (Å²) in [5.41, 5.74) is 2.64. The summed E-state index contributed by atoms with van der Waals surface area (Å²) >= 11 is 6.29. The van der Waals surface area contributed by atoms with Crippen LogP contribution in [0.4, 0.5) is 10.5 Å². The molecule has 0 spiro atoms. The number of likely N-dealkylation sites (N-methyl/N-ethyl adjacent to an activating group) is 1. The van der Waals surface area contributed by atoms with Gasteiger partial charge < -0.3 is 9.80 Å². The Hall–Kier alpha value is -2.87. The largest absolute Gasteiger partial charge is 0.328 e. The molecule has 146 valence electrons. The number of rotatable bonds is 3. The molecule has 1 fully saturated rings. The lowest BCUT2D eigenvalue weighted by Crippen LogP contribution is -2.64.